The predicted octanol–water partition coefficient (Wildman–Crippen LogP) is 4.47. The van der Waals surface area contributed by atoms with Crippen molar-refractivity contribution < 1.29 is 28.6 Å². The van der Waals surface area contributed by atoms with E-state index in [-0.39, 0.29) is 23.4 Å². The molecule has 0 saturated carbocycles. The first-order valence-electron chi connectivity index (χ1n) is 13.0. The van der Waals surface area contributed by atoms with Crippen molar-refractivity contribution in [1.29, 1.82) is 0 Å². The molecule has 1 amide bonds. The Labute approximate surface area is 227 Å². The second-order valence-corrected chi connectivity index (χ2v) is 9.77. The normalized spacial score (nSPS) is 19.4. The molecular formula is C31H31FN2O5. The van der Waals surface area contributed by atoms with Gasteiger partial charge >= 0.3 is 0 Å². The third kappa shape index (κ3) is 5.87. The second-order valence-electron chi connectivity index (χ2n) is 9.77. The van der Waals surface area contributed by atoms with Gasteiger partial charge in [0.1, 0.15) is 23.9 Å². The maximum absolute atomic E-state index is 15.0. The van der Waals surface area contributed by atoms with E-state index >= 15 is 4.39 Å². The highest BCUT2D eigenvalue weighted by Gasteiger charge is 2.46. The summed E-state index contributed by atoms with van der Waals surface area (Å²) in [5.41, 5.74) is 2.55. The molecule has 2 aliphatic heterocycles. The molecule has 202 valence electrons. The van der Waals surface area contributed by atoms with Gasteiger partial charge in [0.2, 0.25) is 0 Å². The Bertz CT molecular complexity index is 1380. The average Bonchev–Trinajstić information content (AvgIpc) is 3.20. The number of aryl methyl sites for hydroxylation is 1. The number of likely N-dealkylation sites (tertiary alicyclic amines) is 1. The number of carbonyl (C=O) groups excluding carboxylic acids is 2. The van der Waals surface area contributed by atoms with Gasteiger partial charge in [-0.1, -0.05) is 48.0 Å². The molecule has 1 atom stereocenters. The number of Topliss-reactive ketones (excluding diaryl/α,β-unsaturated/α-hetero) is 1. The molecule has 0 aliphatic carbocycles. The SMILES string of the molecule is Cc1cccc(COc2ccc(C(O)=C3C(=O)C(=O)N(CCN4CCOCC4)[C@@H]3c3ccccc3F)cc2)c1. The van der Waals surface area contributed by atoms with Gasteiger partial charge in [-0.15, -0.1) is 0 Å². The lowest BCUT2D eigenvalue weighted by Gasteiger charge is -2.31. The smallest absolute Gasteiger partial charge is 0.295 e. The fourth-order valence-corrected chi connectivity index (χ4v) is 5.04. The maximum atomic E-state index is 15.0. The summed E-state index contributed by atoms with van der Waals surface area (Å²) < 4.78 is 26.3. The number of ketones is 1. The maximum Gasteiger partial charge on any atom is 0.295 e. The van der Waals surface area contributed by atoms with Gasteiger partial charge in [-0.25, -0.2) is 4.39 Å². The summed E-state index contributed by atoms with van der Waals surface area (Å²) in [7, 11) is 0. The van der Waals surface area contributed by atoms with Crippen LogP contribution in [0.2, 0.25) is 0 Å². The minimum Gasteiger partial charge on any atom is -0.507 e. The van der Waals surface area contributed by atoms with Gasteiger partial charge in [0.25, 0.3) is 11.7 Å². The number of rotatable bonds is 8. The zero-order valence-electron chi connectivity index (χ0n) is 21.8. The highest BCUT2D eigenvalue weighted by atomic mass is 19.1. The van der Waals surface area contributed by atoms with Gasteiger partial charge in [0.05, 0.1) is 24.8 Å². The van der Waals surface area contributed by atoms with Gasteiger partial charge in [0.15, 0.2) is 0 Å². The molecule has 1 N–H and O–H groups in total. The Hall–Kier alpha value is -4.01. The highest BCUT2D eigenvalue weighted by molar-refractivity contribution is 6.46. The zero-order chi connectivity index (χ0) is 27.4. The summed E-state index contributed by atoms with van der Waals surface area (Å²) in [6, 6.07) is 19.6. The Balaban J connectivity index is 1.42. The van der Waals surface area contributed by atoms with Crippen molar-refractivity contribution in [2.75, 3.05) is 39.4 Å². The molecule has 39 heavy (non-hydrogen) atoms. The molecule has 2 saturated heterocycles. The Morgan fingerprint density at radius 2 is 1.74 bits per heavy atom. The summed E-state index contributed by atoms with van der Waals surface area (Å²) in [5, 5.41) is 11.3. The quantitative estimate of drug-likeness (QED) is 0.263. The van der Waals surface area contributed by atoms with E-state index in [0.29, 0.717) is 50.8 Å². The number of hydrogen-bond donors (Lipinski definition) is 1. The van der Waals surface area contributed by atoms with E-state index in [2.05, 4.69) is 4.90 Å². The van der Waals surface area contributed by atoms with Crippen molar-refractivity contribution in [2.24, 2.45) is 0 Å². The lowest BCUT2D eigenvalue weighted by Crippen LogP contribution is -2.42. The third-order valence-corrected chi connectivity index (χ3v) is 7.12. The van der Waals surface area contributed by atoms with Crippen LogP contribution < -0.4 is 4.74 Å². The Kier molecular flexibility index (Phi) is 8.05. The zero-order valence-corrected chi connectivity index (χ0v) is 21.8. The van der Waals surface area contributed by atoms with Gasteiger partial charge in [-0.3, -0.25) is 14.5 Å². The Morgan fingerprint density at radius 1 is 1.00 bits per heavy atom. The standard InChI is InChI=1S/C31H31FN2O5/c1-21-5-4-6-22(19-21)20-39-24-11-9-23(10-12-24)29(35)27-28(25-7-2-3-8-26(25)32)34(31(37)30(27)36)14-13-33-15-17-38-18-16-33/h2-12,19,28,35H,13-18,20H2,1H3/t28-/m1/s1. The monoisotopic (exact) mass is 530 g/mol. The molecule has 5 rings (SSSR count). The van der Waals surface area contributed by atoms with Crippen LogP contribution in [-0.4, -0.2) is 66.0 Å². The number of carbonyl (C=O) groups is 2. The number of benzene rings is 3. The van der Waals surface area contributed by atoms with E-state index in [4.69, 9.17) is 9.47 Å². The van der Waals surface area contributed by atoms with Gasteiger partial charge < -0.3 is 19.5 Å². The molecule has 3 aromatic carbocycles. The summed E-state index contributed by atoms with van der Waals surface area (Å²) in [6.07, 6.45) is 0. The first-order valence-corrected chi connectivity index (χ1v) is 13.0. The van der Waals surface area contributed by atoms with Crippen molar-refractivity contribution in [3.63, 3.8) is 0 Å². The van der Waals surface area contributed by atoms with E-state index in [1.54, 1.807) is 42.5 Å². The number of amides is 1. The summed E-state index contributed by atoms with van der Waals surface area (Å²) in [5.74, 6) is -1.89. The van der Waals surface area contributed by atoms with E-state index in [0.717, 1.165) is 11.1 Å². The van der Waals surface area contributed by atoms with Crippen LogP contribution in [-0.2, 0) is 20.9 Å². The molecule has 8 heteroatoms. The van der Waals surface area contributed by atoms with Crippen LogP contribution in [0.5, 0.6) is 5.75 Å². The van der Waals surface area contributed by atoms with E-state index < -0.39 is 23.5 Å². The molecule has 0 spiro atoms. The molecule has 2 fully saturated rings. The molecule has 7 nitrogen and oxygen atoms in total. The van der Waals surface area contributed by atoms with Gasteiger partial charge in [-0.05, 0) is 42.8 Å². The van der Waals surface area contributed by atoms with Gasteiger partial charge in [-0.2, -0.15) is 0 Å². The first kappa shape index (κ1) is 26.6. The van der Waals surface area contributed by atoms with Crippen molar-refractivity contribution in [1.82, 2.24) is 9.80 Å². The number of ether oxygens (including phenoxy) is 2. The molecule has 0 aromatic heterocycles. The van der Waals surface area contributed by atoms with Crippen molar-refractivity contribution in [2.45, 2.75) is 19.6 Å². The minimum atomic E-state index is -1.04. The fraction of sp³-hybridized carbons (Fsp3) is 0.290. The summed E-state index contributed by atoms with van der Waals surface area (Å²) in [4.78, 5) is 29.9. The highest BCUT2D eigenvalue weighted by Crippen LogP contribution is 2.40. The van der Waals surface area contributed by atoms with E-state index in [9.17, 15) is 14.7 Å². The largest absolute Gasteiger partial charge is 0.507 e. The van der Waals surface area contributed by atoms with Crippen molar-refractivity contribution in [3.8, 4) is 5.75 Å². The molecule has 2 heterocycles. The summed E-state index contributed by atoms with van der Waals surface area (Å²) in [6.45, 7) is 5.75. The molecule has 3 aromatic rings. The van der Waals surface area contributed by atoms with Crippen LogP contribution in [0.4, 0.5) is 4.39 Å². The van der Waals surface area contributed by atoms with Crippen LogP contribution in [0.25, 0.3) is 5.76 Å². The Morgan fingerprint density at radius 3 is 2.46 bits per heavy atom. The average molecular weight is 531 g/mol. The summed E-state index contributed by atoms with van der Waals surface area (Å²) >= 11 is 0. The van der Waals surface area contributed by atoms with Crippen molar-refractivity contribution in [3.05, 3.63) is 106 Å². The van der Waals surface area contributed by atoms with Crippen LogP contribution in [0.3, 0.4) is 0 Å². The molecule has 2 aliphatic rings. The second kappa shape index (κ2) is 11.8. The topological polar surface area (TPSA) is 79.3 Å². The lowest BCUT2D eigenvalue weighted by atomic mass is 9.95. The molecular weight excluding hydrogens is 499 g/mol. The molecule has 0 bridgehead atoms. The predicted molar refractivity (Wildman–Crippen MR) is 145 cm³/mol. The fourth-order valence-electron chi connectivity index (χ4n) is 5.04. The lowest BCUT2D eigenvalue weighted by molar-refractivity contribution is -0.140. The van der Waals surface area contributed by atoms with Crippen molar-refractivity contribution >= 4 is 17.4 Å². The minimum absolute atomic E-state index is 0.125. The van der Waals surface area contributed by atoms with E-state index in [1.807, 2.05) is 31.2 Å². The van der Waals surface area contributed by atoms with Crippen LogP contribution >= 0.6 is 0 Å². The van der Waals surface area contributed by atoms with Crippen LogP contribution in [0, 0.1) is 12.7 Å². The number of hydrogen-bond acceptors (Lipinski definition) is 6. The van der Waals surface area contributed by atoms with Crippen LogP contribution in [0.1, 0.15) is 28.3 Å². The molecule has 0 unspecified atom stereocenters. The first-order chi connectivity index (χ1) is 18.9. The number of halogens is 1. The number of nitrogens with zero attached hydrogens (tertiary/aromatic N) is 2. The van der Waals surface area contributed by atoms with Gasteiger partial charge in [0, 0.05) is 37.3 Å². The third-order valence-electron chi connectivity index (χ3n) is 7.12. The number of aliphatic hydroxyl groups excluding tert-OH is 1. The number of morpholine rings is 1. The molecule has 0 radical (unpaired) electrons. The van der Waals surface area contributed by atoms with Crippen LogP contribution in [0.15, 0.2) is 78.4 Å². The number of aliphatic hydroxyl groups is 1. The van der Waals surface area contributed by atoms with E-state index in [1.165, 1.54) is 11.0 Å².